The Morgan fingerprint density at radius 3 is 3.06 bits per heavy atom. The van der Waals surface area contributed by atoms with E-state index in [2.05, 4.69) is 5.16 Å². The van der Waals surface area contributed by atoms with Gasteiger partial charge >= 0.3 is 5.97 Å². The molecule has 0 atom stereocenters. The Morgan fingerprint density at radius 1 is 1.50 bits per heavy atom. The van der Waals surface area contributed by atoms with Crippen LogP contribution in [0, 0.1) is 5.92 Å². The molecule has 1 heterocycles. The van der Waals surface area contributed by atoms with Gasteiger partial charge in [-0.05, 0) is 17.7 Å². The number of ether oxygens (including phenoxy) is 1. The molecule has 2 aromatic rings. The number of benzene rings is 1. The minimum absolute atomic E-state index is 0.0978. The minimum atomic E-state index is -0.189. The highest BCUT2D eigenvalue weighted by atomic mass is 16.5. The van der Waals surface area contributed by atoms with E-state index in [-0.39, 0.29) is 18.5 Å². The van der Waals surface area contributed by atoms with E-state index >= 15 is 0 Å². The van der Waals surface area contributed by atoms with E-state index < -0.39 is 0 Å². The van der Waals surface area contributed by atoms with Crippen molar-refractivity contribution in [1.29, 1.82) is 0 Å². The standard InChI is InChI=1S/C12H13NO3/c1-8(2)12(14)15-7-9-3-4-11-10(5-9)6-13-16-11/h3-6,8H,7H2,1-2H3. The predicted octanol–water partition coefficient (Wildman–Crippen LogP) is 2.53. The summed E-state index contributed by atoms with van der Waals surface area (Å²) < 4.78 is 10.1. The second kappa shape index (κ2) is 4.35. The first kappa shape index (κ1) is 10.7. The molecule has 4 heteroatoms. The second-order valence-electron chi connectivity index (χ2n) is 3.96. The molecule has 0 fully saturated rings. The second-order valence-corrected chi connectivity index (χ2v) is 3.96. The first-order chi connectivity index (χ1) is 7.66. The van der Waals surface area contributed by atoms with Crippen molar-refractivity contribution in [3.8, 4) is 0 Å². The van der Waals surface area contributed by atoms with Gasteiger partial charge in [0.1, 0.15) is 6.61 Å². The first-order valence-corrected chi connectivity index (χ1v) is 5.17. The number of nitrogens with zero attached hydrogens (tertiary/aromatic N) is 1. The van der Waals surface area contributed by atoms with Crippen LogP contribution in [-0.2, 0) is 16.1 Å². The number of carbonyl (C=O) groups is 1. The molecule has 4 nitrogen and oxygen atoms in total. The Kier molecular flexibility index (Phi) is 2.90. The molecule has 0 N–H and O–H groups in total. The smallest absolute Gasteiger partial charge is 0.308 e. The molecule has 0 bridgehead atoms. The van der Waals surface area contributed by atoms with Crippen molar-refractivity contribution < 1.29 is 14.1 Å². The number of fused-ring (bicyclic) bond motifs is 1. The molecule has 1 aromatic carbocycles. The van der Waals surface area contributed by atoms with Crippen LogP contribution in [0.25, 0.3) is 11.0 Å². The summed E-state index contributed by atoms with van der Waals surface area (Å²) in [6.07, 6.45) is 1.64. The normalized spacial score (nSPS) is 10.9. The van der Waals surface area contributed by atoms with Crippen LogP contribution < -0.4 is 0 Å². The zero-order valence-electron chi connectivity index (χ0n) is 9.27. The first-order valence-electron chi connectivity index (χ1n) is 5.17. The van der Waals surface area contributed by atoms with Crippen LogP contribution in [0.2, 0.25) is 0 Å². The highest BCUT2D eigenvalue weighted by Crippen LogP contribution is 2.16. The zero-order valence-corrected chi connectivity index (χ0v) is 9.27. The number of hydrogen-bond donors (Lipinski definition) is 0. The van der Waals surface area contributed by atoms with Gasteiger partial charge in [0.25, 0.3) is 0 Å². The van der Waals surface area contributed by atoms with Gasteiger partial charge in [-0.1, -0.05) is 25.1 Å². The van der Waals surface area contributed by atoms with Gasteiger partial charge in [0, 0.05) is 5.39 Å². The monoisotopic (exact) mass is 219 g/mol. The maximum absolute atomic E-state index is 11.3. The van der Waals surface area contributed by atoms with Crippen molar-refractivity contribution in [2.75, 3.05) is 0 Å². The van der Waals surface area contributed by atoms with Crippen LogP contribution in [0.4, 0.5) is 0 Å². The van der Waals surface area contributed by atoms with Gasteiger partial charge in [-0.3, -0.25) is 4.79 Å². The Balaban J connectivity index is 2.06. The quantitative estimate of drug-likeness (QED) is 0.744. The Bertz CT molecular complexity index is 502. The predicted molar refractivity (Wildman–Crippen MR) is 58.6 cm³/mol. The summed E-state index contributed by atoms with van der Waals surface area (Å²) in [6.45, 7) is 3.91. The van der Waals surface area contributed by atoms with Crippen LogP contribution >= 0.6 is 0 Å². The van der Waals surface area contributed by atoms with E-state index in [1.165, 1.54) is 0 Å². The minimum Gasteiger partial charge on any atom is -0.461 e. The lowest BCUT2D eigenvalue weighted by atomic mass is 10.2. The molecule has 0 amide bonds. The van der Waals surface area contributed by atoms with Crippen molar-refractivity contribution >= 4 is 16.9 Å². The van der Waals surface area contributed by atoms with Crippen molar-refractivity contribution in [1.82, 2.24) is 5.16 Å². The van der Waals surface area contributed by atoms with Gasteiger partial charge in [-0.25, -0.2) is 0 Å². The molecule has 0 spiro atoms. The number of esters is 1. The maximum atomic E-state index is 11.3. The molecule has 0 saturated carbocycles. The van der Waals surface area contributed by atoms with Gasteiger partial charge in [-0.2, -0.15) is 0 Å². The number of carbonyl (C=O) groups excluding carboxylic acids is 1. The zero-order chi connectivity index (χ0) is 11.5. The molecule has 0 aliphatic heterocycles. The van der Waals surface area contributed by atoms with Crippen LogP contribution in [0.15, 0.2) is 28.9 Å². The van der Waals surface area contributed by atoms with Gasteiger partial charge in [0.2, 0.25) is 0 Å². The average Bonchev–Trinajstić information content (AvgIpc) is 2.72. The average molecular weight is 219 g/mol. The van der Waals surface area contributed by atoms with Gasteiger partial charge in [0.15, 0.2) is 5.58 Å². The Morgan fingerprint density at radius 2 is 2.31 bits per heavy atom. The summed E-state index contributed by atoms with van der Waals surface area (Å²) in [7, 11) is 0. The SMILES string of the molecule is CC(C)C(=O)OCc1ccc2oncc2c1. The fraction of sp³-hybridized carbons (Fsp3) is 0.333. The third-order valence-corrected chi connectivity index (χ3v) is 2.27. The number of rotatable bonds is 3. The lowest BCUT2D eigenvalue weighted by molar-refractivity contribution is -0.148. The molecule has 1 aromatic heterocycles. The fourth-order valence-electron chi connectivity index (χ4n) is 1.33. The van der Waals surface area contributed by atoms with Crippen LogP contribution in [0.5, 0.6) is 0 Å². The summed E-state index contributed by atoms with van der Waals surface area (Å²) in [5.41, 5.74) is 1.67. The highest BCUT2D eigenvalue weighted by Gasteiger charge is 2.08. The number of hydrogen-bond acceptors (Lipinski definition) is 4. The maximum Gasteiger partial charge on any atom is 0.308 e. The Labute approximate surface area is 93.2 Å². The van der Waals surface area contributed by atoms with E-state index in [0.29, 0.717) is 0 Å². The highest BCUT2D eigenvalue weighted by molar-refractivity contribution is 5.76. The van der Waals surface area contributed by atoms with E-state index in [9.17, 15) is 4.79 Å². The molecule has 0 unspecified atom stereocenters. The summed E-state index contributed by atoms with van der Waals surface area (Å²) in [4.78, 5) is 11.3. The van der Waals surface area contributed by atoms with Crippen LogP contribution in [0.3, 0.4) is 0 Å². The van der Waals surface area contributed by atoms with Gasteiger partial charge < -0.3 is 9.26 Å². The summed E-state index contributed by atoms with van der Waals surface area (Å²) in [5, 5.41) is 4.60. The van der Waals surface area contributed by atoms with Crippen molar-refractivity contribution in [3.63, 3.8) is 0 Å². The van der Waals surface area contributed by atoms with E-state index in [1.54, 1.807) is 6.20 Å². The van der Waals surface area contributed by atoms with Crippen LogP contribution in [0.1, 0.15) is 19.4 Å². The van der Waals surface area contributed by atoms with Crippen molar-refractivity contribution in [3.05, 3.63) is 30.0 Å². The van der Waals surface area contributed by atoms with Crippen molar-refractivity contribution in [2.24, 2.45) is 5.92 Å². The van der Waals surface area contributed by atoms with Crippen molar-refractivity contribution in [2.45, 2.75) is 20.5 Å². The summed E-state index contributed by atoms with van der Waals surface area (Å²) in [6, 6.07) is 5.58. The van der Waals surface area contributed by atoms with Crippen LogP contribution in [-0.4, -0.2) is 11.1 Å². The molecule has 84 valence electrons. The topological polar surface area (TPSA) is 52.3 Å². The van der Waals surface area contributed by atoms with E-state index in [1.807, 2.05) is 32.0 Å². The molecule has 0 radical (unpaired) electrons. The Hall–Kier alpha value is -1.84. The molecule has 0 aliphatic carbocycles. The molecule has 16 heavy (non-hydrogen) atoms. The lowest BCUT2D eigenvalue weighted by Crippen LogP contribution is -2.11. The van der Waals surface area contributed by atoms with E-state index in [0.717, 1.165) is 16.5 Å². The third kappa shape index (κ3) is 2.21. The van der Waals surface area contributed by atoms with Gasteiger partial charge in [0.05, 0.1) is 12.1 Å². The van der Waals surface area contributed by atoms with E-state index in [4.69, 9.17) is 9.26 Å². The molecule has 0 saturated heterocycles. The third-order valence-electron chi connectivity index (χ3n) is 2.27. The lowest BCUT2D eigenvalue weighted by Gasteiger charge is -2.06. The molecular formula is C12H13NO3. The van der Waals surface area contributed by atoms with Gasteiger partial charge in [-0.15, -0.1) is 0 Å². The summed E-state index contributed by atoms with van der Waals surface area (Å²) >= 11 is 0. The largest absolute Gasteiger partial charge is 0.461 e. The molecule has 2 rings (SSSR count). The molecule has 0 aliphatic rings. The number of aromatic nitrogens is 1. The molecular weight excluding hydrogens is 206 g/mol. The fourth-order valence-corrected chi connectivity index (χ4v) is 1.33. The summed E-state index contributed by atoms with van der Waals surface area (Å²) in [5.74, 6) is -0.287.